The molecule has 8 heteroatoms. The van der Waals surface area contributed by atoms with Gasteiger partial charge in [0.1, 0.15) is 5.75 Å². The van der Waals surface area contributed by atoms with E-state index in [0.717, 1.165) is 28.6 Å². The molecular weight excluding hydrogens is 397 g/mol. The van der Waals surface area contributed by atoms with Gasteiger partial charge in [0.15, 0.2) is 0 Å². The van der Waals surface area contributed by atoms with Crippen LogP contribution in [-0.4, -0.2) is 38.3 Å². The zero-order chi connectivity index (χ0) is 21.7. The Morgan fingerprint density at radius 2 is 1.97 bits per heavy atom. The highest BCUT2D eigenvalue weighted by molar-refractivity contribution is 5.87. The third-order valence-corrected chi connectivity index (χ3v) is 4.93. The summed E-state index contributed by atoms with van der Waals surface area (Å²) >= 11 is 0. The number of amides is 1. The number of halogens is 3. The summed E-state index contributed by atoms with van der Waals surface area (Å²) in [5.41, 5.74) is 1.20. The van der Waals surface area contributed by atoms with E-state index in [0.29, 0.717) is 24.5 Å². The van der Waals surface area contributed by atoms with Crippen LogP contribution in [0.25, 0.3) is 10.9 Å². The van der Waals surface area contributed by atoms with Crippen molar-refractivity contribution >= 4 is 16.8 Å². The lowest BCUT2D eigenvalue weighted by molar-refractivity contribution is -0.137. The number of alkyl halides is 3. The average molecular weight is 420 g/mol. The summed E-state index contributed by atoms with van der Waals surface area (Å²) in [7, 11) is 3.07. The topological polar surface area (TPSA) is 63.3 Å². The summed E-state index contributed by atoms with van der Waals surface area (Å²) in [6.45, 7) is 0.677. The minimum absolute atomic E-state index is 0.00477. The molecule has 0 aliphatic rings. The monoisotopic (exact) mass is 420 g/mol. The van der Waals surface area contributed by atoms with Gasteiger partial charge in [-0.15, -0.1) is 0 Å². The fraction of sp³-hybridized carbons (Fsp3) is 0.318. The summed E-state index contributed by atoms with van der Waals surface area (Å²) in [4.78, 5) is 15.6. The van der Waals surface area contributed by atoms with Crippen molar-refractivity contribution in [2.75, 3.05) is 27.4 Å². The zero-order valence-electron chi connectivity index (χ0n) is 16.7. The van der Waals surface area contributed by atoms with E-state index in [1.54, 1.807) is 25.4 Å². The number of ether oxygens (including phenoxy) is 2. The van der Waals surface area contributed by atoms with Crippen LogP contribution in [0.4, 0.5) is 13.2 Å². The molecule has 0 spiro atoms. The number of aromatic amines is 1. The molecule has 3 aromatic rings. The Kier molecular flexibility index (Phi) is 6.66. The number of benzene rings is 2. The number of hydrogen-bond acceptors (Lipinski definition) is 3. The third-order valence-electron chi connectivity index (χ3n) is 4.93. The molecule has 0 unspecified atom stereocenters. The predicted molar refractivity (Wildman–Crippen MR) is 108 cm³/mol. The molecule has 0 saturated carbocycles. The van der Waals surface area contributed by atoms with E-state index in [4.69, 9.17) is 9.47 Å². The van der Waals surface area contributed by atoms with Gasteiger partial charge in [0.2, 0.25) is 5.91 Å². The van der Waals surface area contributed by atoms with Crippen LogP contribution in [0.3, 0.4) is 0 Å². The maximum atomic E-state index is 13.3. The Balaban J connectivity index is 2.03. The van der Waals surface area contributed by atoms with E-state index in [2.05, 4.69) is 10.3 Å². The number of carbonyl (C=O) groups is 1. The molecule has 3 rings (SSSR count). The van der Waals surface area contributed by atoms with Crippen molar-refractivity contribution in [1.82, 2.24) is 10.3 Å². The highest BCUT2D eigenvalue weighted by Crippen LogP contribution is 2.37. The molecule has 0 bridgehead atoms. The van der Waals surface area contributed by atoms with E-state index in [1.165, 1.54) is 13.2 Å². The van der Waals surface area contributed by atoms with Gasteiger partial charge in [-0.1, -0.05) is 18.2 Å². The summed E-state index contributed by atoms with van der Waals surface area (Å²) in [5, 5.41) is 3.53. The molecule has 160 valence electrons. The fourth-order valence-electron chi connectivity index (χ4n) is 3.43. The highest BCUT2D eigenvalue weighted by Gasteiger charge is 2.31. The standard InChI is InChI=1S/C22H23F3N2O3/c1-29-9-8-26-21(28)12-17(14-4-3-5-15(10-14)22(23,24)25)19-13-27-20-7-6-16(30-2)11-18(19)20/h3-7,10-11,13,17,27H,8-9,12H2,1-2H3,(H,26,28)/t17-/m1/s1. The lowest BCUT2D eigenvalue weighted by Gasteiger charge is -2.19. The van der Waals surface area contributed by atoms with Gasteiger partial charge in [-0.25, -0.2) is 0 Å². The molecule has 1 aromatic heterocycles. The number of hydrogen-bond donors (Lipinski definition) is 2. The Morgan fingerprint density at radius 1 is 1.17 bits per heavy atom. The van der Waals surface area contributed by atoms with E-state index in [1.807, 2.05) is 12.1 Å². The van der Waals surface area contributed by atoms with Gasteiger partial charge < -0.3 is 19.8 Å². The fourth-order valence-corrected chi connectivity index (χ4v) is 3.43. The molecule has 0 aliphatic carbocycles. The van der Waals surface area contributed by atoms with E-state index in [-0.39, 0.29) is 12.3 Å². The molecule has 1 heterocycles. The van der Waals surface area contributed by atoms with E-state index in [9.17, 15) is 18.0 Å². The van der Waals surface area contributed by atoms with Crippen LogP contribution in [0, 0.1) is 0 Å². The number of carbonyl (C=O) groups excluding carboxylic acids is 1. The van der Waals surface area contributed by atoms with Crippen LogP contribution < -0.4 is 10.1 Å². The maximum absolute atomic E-state index is 13.3. The van der Waals surface area contributed by atoms with Gasteiger partial charge in [0.25, 0.3) is 0 Å². The first kappa shape index (κ1) is 21.7. The average Bonchev–Trinajstić information content (AvgIpc) is 3.14. The van der Waals surface area contributed by atoms with Gasteiger partial charge in [-0.2, -0.15) is 13.2 Å². The Labute approximate surface area is 172 Å². The molecule has 2 aromatic carbocycles. The largest absolute Gasteiger partial charge is 0.497 e. The van der Waals surface area contributed by atoms with Crippen molar-refractivity contribution in [3.63, 3.8) is 0 Å². The number of methoxy groups -OCH3 is 2. The lowest BCUT2D eigenvalue weighted by Crippen LogP contribution is -2.28. The van der Waals surface area contributed by atoms with Crippen molar-refractivity contribution in [3.8, 4) is 5.75 Å². The van der Waals surface area contributed by atoms with Gasteiger partial charge in [-0.05, 0) is 35.4 Å². The molecule has 1 amide bonds. The quantitative estimate of drug-likeness (QED) is 0.528. The Morgan fingerprint density at radius 3 is 2.67 bits per heavy atom. The van der Waals surface area contributed by atoms with Gasteiger partial charge in [0.05, 0.1) is 19.3 Å². The van der Waals surface area contributed by atoms with Crippen molar-refractivity contribution in [3.05, 3.63) is 65.4 Å². The molecule has 2 N–H and O–H groups in total. The minimum Gasteiger partial charge on any atom is -0.497 e. The van der Waals surface area contributed by atoms with Crippen LogP contribution in [-0.2, 0) is 15.7 Å². The Bertz CT molecular complexity index is 1010. The van der Waals surface area contributed by atoms with E-state index < -0.39 is 17.7 Å². The first-order valence-electron chi connectivity index (χ1n) is 9.41. The van der Waals surface area contributed by atoms with Crippen LogP contribution in [0.2, 0.25) is 0 Å². The van der Waals surface area contributed by atoms with Crippen LogP contribution in [0.5, 0.6) is 5.75 Å². The summed E-state index contributed by atoms with van der Waals surface area (Å²) in [6, 6.07) is 10.5. The second-order valence-electron chi connectivity index (χ2n) is 6.88. The number of H-pyrrole nitrogens is 1. The molecule has 0 aliphatic heterocycles. The Hall–Kier alpha value is -3.00. The van der Waals surface area contributed by atoms with Gasteiger partial charge in [-0.3, -0.25) is 4.79 Å². The molecule has 0 fully saturated rings. The summed E-state index contributed by atoms with van der Waals surface area (Å²) < 4.78 is 50.1. The van der Waals surface area contributed by atoms with Crippen molar-refractivity contribution in [1.29, 1.82) is 0 Å². The lowest BCUT2D eigenvalue weighted by atomic mass is 9.87. The van der Waals surface area contributed by atoms with Crippen molar-refractivity contribution in [2.45, 2.75) is 18.5 Å². The molecule has 5 nitrogen and oxygen atoms in total. The van der Waals surface area contributed by atoms with Gasteiger partial charge in [0, 0.05) is 43.1 Å². The molecule has 0 saturated heterocycles. The second-order valence-corrected chi connectivity index (χ2v) is 6.88. The highest BCUT2D eigenvalue weighted by atomic mass is 19.4. The second kappa shape index (κ2) is 9.21. The first-order chi connectivity index (χ1) is 14.3. The summed E-state index contributed by atoms with van der Waals surface area (Å²) in [6.07, 6.45) is -2.74. The molecule has 1 atom stereocenters. The number of fused-ring (bicyclic) bond motifs is 1. The third kappa shape index (κ3) is 4.94. The molecular formula is C22H23F3N2O3. The van der Waals surface area contributed by atoms with Crippen LogP contribution in [0.15, 0.2) is 48.7 Å². The molecule has 30 heavy (non-hydrogen) atoms. The summed E-state index contributed by atoms with van der Waals surface area (Å²) in [5.74, 6) is -0.224. The van der Waals surface area contributed by atoms with Gasteiger partial charge >= 0.3 is 6.18 Å². The minimum atomic E-state index is -4.47. The maximum Gasteiger partial charge on any atom is 0.416 e. The normalized spacial score (nSPS) is 12.7. The zero-order valence-corrected chi connectivity index (χ0v) is 16.7. The number of aromatic nitrogens is 1. The van der Waals surface area contributed by atoms with E-state index >= 15 is 0 Å². The van der Waals surface area contributed by atoms with Crippen LogP contribution >= 0.6 is 0 Å². The first-order valence-corrected chi connectivity index (χ1v) is 9.41. The smallest absolute Gasteiger partial charge is 0.416 e. The predicted octanol–water partition coefficient (Wildman–Crippen LogP) is 4.48. The number of rotatable bonds is 8. The van der Waals surface area contributed by atoms with Crippen molar-refractivity contribution < 1.29 is 27.4 Å². The number of nitrogens with one attached hydrogen (secondary N) is 2. The SMILES string of the molecule is COCCNC(=O)C[C@H](c1cccc(C(F)(F)F)c1)c1c[nH]c2ccc(OC)cc12. The van der Waals surface area contributed by atoms with Crippen LogP contribution in [0.1, 0.15) is 29.0 Å². The van der Waals surface area contributed by atoms with Crippen molar-refractivity contribution in [2.24, 2.45) is 0 Å². The molecule has 0 radical (unpaired) electrons.